The van der Waals surface area contributed by atoms with Crippen molar-refractivity contribution in [2.45, 2.75) is 39.8 Å². The van der Waals surface area contributed by atoms with Crippen molar-refractivity contribution in [3.05, 3.63) is 23.7 Å². The Morgan fingerprint density at radius 1 is 1.35 bits per heavy atom. The minimum Gasteiger partial charge on any atom is -0.468 e. The number of nitrogens with one attached hydrogen (secondary N) is 1. The van der Waals surface area contributed by atoms with Gasteiger partial charge in [0.05, 0.1) is 13.2 Å². The van der Waals surface area contributed by atoms with E-state index in [1.165, 1.54) is 7.11 Å². The van der Waals surface area contributed by atoms with Crippen molar-refractivity contribution in [1.82, 2.24) is 5.32 Å². The fourth-order valence-electron chi connectivity index (χ4n) is 1.70. The van der Waals surface area contributed by atoms with Crippen LogP contribution in [0.25, 0.3) is 0 Å². The zero-order valence-electron chi connectivity index (χ0n) is 11.1. The van der Waals surface area contributed by atoms with E-state index in [1.807, 2.05) is 39.8 Å². The van der Waals surface area contributed by atoms with Gasteiger partial charge in [-0.3, -0.25) is 10.1 Å². The van der Waals surface area contributed by atoms with Crippen molar-refractivity contribution in [2.24, 2.45) is 5.92 Å². The van der Waals surface area contributed by atoms with Crippen molar-refractivity contribution in [1.29, 1.82) is 0 Å². The smallest absolute Gasteiger partial charge is 0.323 e. The molecule has 2 unspecified atom stereocenters. The van der Waals surface area contributed by atoms with Crippen LogP contribution in [0.1, 0.15) is 38.3 Å². The molecule has 0 saturated heterocycles. The second-order valence-corrected chi connectivity index (χ2v) is 4.58. The standard InChI is InChI=1S/C13H21NO3/c1-8(2)12(13(15)16-5)14-10(4)11-7-6-9(3)17-11/h6-8,10,12,14H,1-5H3. The number of hydrogen-bond donors (Lipinski definition) is 1. The zero-order valence-corrected chi connectivity index (χ0v) is 11.1. The first-order valence-corrected chi connectivity index (χ1v) is 5.86. The number of ether oxygens (including phenoxy) is 1. The number of carbonyl (C=O) groups is 1. The summed E-state index contributed by atoms with van der Waals surface area (Å²) in [6, 6.07) is 3.49. The molecule has 96 valence electrons. The number of rotatable bonds is 5. The van der Waals surface area contributed by atoms with Gasteiger partial charge in [0.15, 0.2) is 0 Å². The zero-order chi connectivity index (χ0) is 13.0. The van der Waals surface area contributed by atoms with E-state index < -0.39 is 0 Å². The van der Waals surface area contributed by atoms with E-state index in [0.717, 1.165) is 11.5 Å². The van der Waals surface area contributed by atoms with Crippen LogP contribution < -0.4 is 5.32 Å². The molecule has 0 aliphatic carbocycles. The van der Waals surface area contributed by atoms with Gasteiger partial charge in [0, 0.05) is 0 Å². The highest BCUT2D eigenvalue weighted by atomic mass is 16.5. The summed E-state index contributed by atoms with van der Waals surface area (Å²) in [5, 5.41) is 3.23. The summed E-state index contributed by atoms with van der Waals surface area (Å²) in [6.07, 6.45) is 0. The highest BCUT2D eigenvalue weighted by molar-refractivity contribution is 5.76. The summed E-state index contributed by atoms with van der Waals surface area (Å²) < 4.78 is 10.3. The second kappa shape index (κ2) is 5.87. The summed E-state index contributed by atoms with van der Waals surface area (Å²) in [6.45, 7) is 7.83. The number of hydrogen-bond acceptors (Lipinski definition) is 4. The van der Waals surface area contributed by atoms with Crippen molar-refractivity contribution in [3.8, 4) is 0 Å². The molecule has 0 bridgehead atoms. The van der Waals surface area contributed by atoms with E-state index >= 15 is 0 Å². The summed E-state index contributed by atoms with van der Waals surface area (Å²) in [4.78, 5) is 11.6. The van der Waals surface area contributed by atoms with Crippen molar-refractivity contribution >= 4 is 5.97 Å². The Hall–Kier alpha value is -1.29. The molecule has 0 aliphatic rings. The maximum atomic E-state index is 11.6. The molecular weight excluding hydrogens is 218 g/mol. The molecule has 4 heteroatoms. The van der Waals surface area contributed by atoms with Gasteiger partial charge in [0.25, 0.3) is 0 Å². The monoisotopic (exact) mass is 239 g/mol. The van der Waals surface area contributed by atoms with Crippen LogP contribution in [0, 0.1) is 12.8 Å². The summed E-state index contributed by atoms with van der Waals surface area (Å²) in [5.41, 5.74) is 0. The van der Waals surface area contributed by atoms with Crippen LogP contribution in [0.2, 0.25) is 0 Å². The number of esters is 1. The lowest BCUT2D eigenvalue weighted by Gasteiger charge is -2.23. The first-order chi connectivity index (χ1) is 7.95. The second-order valence-electron chi connectivity index (χ2n) is 4.58. The lowest BCUT2D eigenvalue weighted by Crippen LogP contribution is -2.42. The lowest BCUT2D eigenvalue weighted by atomic mass is 10.0. The predicted molar refractivity (Wildman–Crippen MR) is 65.6 cm³/mol. The van der Waals surface area contributed by atoms with Gasteiger partial charge < -0.3 is 9.15 Å². The van der Waals surface area contributed by atoms with Crippen LogP contribution in [0.5, 0.6) is 0 Å². The number of furan rings is 1. The Morgan fingerprint density at radius 3 is 2.41 bits per heavy atom. The Labute approximate surface area is 102 Å². The van der Waals surface area contributed by atoms with Crippen molar-refractivity contribution < 1.29 is 13.9 Å². The molecule has 1 N–H and O–H groups in total. The molecule has 0 spiro atoms. The maximum Gasteiger partial charge on any atom is 0.323 e. The molecular formula is C13H21NO3. The summed E-state index contributed by atoms with van der Waals surface area (Å²) in [7, 11) is 1.40. The van der Waals surface area contributed by atoms with Crippen LogP contribution in [0.15, 0.2) is 16.5 Å². The van der Waals surface area contributed by atoms with Gasteiger partial charge >= 0.3 is 5.97 Å². The molecule has 0 radical (unpaired) electrons. The largest absolute Gasteiger partial charge is 0.468 e. The van der Waals surface area contributed by atoms with Crippen LogP contribution in [0.3, 0.4) is 0 Å². The van der Waals surface area contributed by atoms with Gasteiger partial charge in [-0.1, -0.05) is 13.8 Å². The molecule has 0 fully saturated rings. The van der Waals surface area contributed by atoms with Crippen LogP contribution in [0.4, 0.5) is 0 Å². The average Bonchev–Trinajstić information content (AvgIpc) is 2.71. The van der Waals surface area contributed by atoms with Gasteiger partial charge in [-0.15, -0.1) is 0 Å². The van der Waals surface area contributed by atoms with E-state index in [1.54, 1.807) is 0 Å². The number of aryl methyl sites for hydroxylation is 1. The highest BCUT2D eigenvalue weighted by Crippen LogP contribution is 2.18. The molecule has 0 aliphatic heterocycles. The molecule has 0 aromatic carbocycles. The van der Waals surface area contributed by atoms with E-state index in [4.69, 9.17) is 9.15 Å². The first-order valence-electron chi connectivity index (χ1n) is 5.86. The van der Waals surface area contributed by atoms with E-state index in [2.05, 4.69) is 5.32 Å². The van der Waals surface area contributed by atoms with Gasteiger partial charge in [-0.2, -0.15) is 0 Å². The number of methoxy groups -OCH3 is 1. The van der Waals surface area contributed by atoms with Gasteiger partial charge in [0.1, 0.15) is 17.6 Å². The molecule has 0 amide bonds. The predicted octanol–water partition coefficient (Wildman–Crippen LogP) is 2.44. The summed E-state index contributed by atoms with van der Waals surface area (Å²) >= 11 is 0. The normalized spacial score (nSPS) is 14.7. The molecule has 0 saturated carbocycles. The van der Waals surface area contributed by atoms with Crippen LogP contribution in [-0.2, 0) is 9.53 Å². The van der Waals surface area contributed by atoms with Crippen LogP contribution >= 0.6 is 0 Å². The minimum absolute atomic E-state index is 0.0183. The Morgan fingerprint density at radius 2 is 2.00 bits per heavy atom. The molecule has 17 heavy (non-hydrogen) atoms. The van der Waals surface area contributed by atoms with Crippen molar-refractivity contribution in [2.75, 3.05) is 7.11 Å². The van der Waals surface area contributed by atoms with Crippen molar-refractivity contribution in [3.63, 3.8) is 0 Å². The van der Waals surface area contributed by atoms with Gasteiger partial charge in [-0.25, -0.2) is 0 Å². The molecule has 1 aromatic rings. The van der Waals surface area contributed by atoms with Gasteiger partial charge in [0.2, 0.25) is 0 Å². The quantitative estimate of drug-likeness (QED) is 0.802. The SMILES string of the molecule is COC(=O)C(NC(C)c1ccc(C)o1)C(C)C. The maximum absolute atomic E-state index is 11.6. The van der Waals surface area contributed by atoms with E-state index in [-0.39, 0.29) is 24.0 Å². The highest BCUT2D eigenvalue weighted by Gasteiger charge is 2.25. The molecule has 1 rings (SSSR count). The third-order valence-electron chi connectivity index (χ3n) is 2.74. The Balaban J connectivity index is 2.70. The molecule has 1 aromatic heterocycles. The number of carbonyl (C=O) groups excluding carboxylic acids is 1. The lowest BCUT2D eigenvalue weighted by molar-refractivity contribution is -0.144. The minimum atomic E-state index is -0.319. The molecule has 2 atom stereocenters. The fourth-order valence-corrected chi connectivity index (χ4v) is 1.70. The fraction of sp³-hybridized carbons (Fsp3) is 0.615. The van der Waals surface area contributed by atoms with E-state index in [9.17, 15) is 4.79 Å². The Kier molecular flexibility index (Phi) is 4.75. The molecule has 1 heterocycles. The third kappa shape index (κ3) is 3.60. The third-order valence-corrected chi connectivity index (χ3v) is 2.74. The summed E-state index contributed by atoms with van der Waals surface area (Å²) in [5.74, 6) is 1.63. The first kappa shape index (κ1) is 13.8. The molecule has 4 nitrogen and oxygen atoms in total. The Bertz CT molecular complexity index is 370. The average molecular weight is 239 g/mol. The van der Waals surface area contributed by atoms with Crippen LogP contribution in [-0.4, -0.2) is 19.1 Å². The topological polar surface area (TPSA) is 51.5 Å². The van der Waals surface area contributed by atoms with E-state index in [0.29, 0.717) is 0 Å². The van der Waals surface area contributed by atoms with Gasteiger partial charge in [-0.05, 0) is 31.9 Å².